The highest BCUT2D eigenvalue weighted by molar-refractivity contribution is 4.50. The predicted molar refractivity (Wildman–Crippen MR) is 54.5 cm³/mol. The van der Waals surface area contributed by atoms with Crippen LogP contribution in [0.2, 0.25) is 0 Å². The molecule has 0 aromatic carbocycles. The summed E-state index contributed by atoms with van der Waals surface area (Å²) in [7, 11) is 4.18. The molecule has 0 aliphatic carbocycles. The maximum Gasteiger partial charge on any atom is 0.126 e. The molecule has 0 aliphatic heterocycles. The molecule has 0 saturated heterocycles. The van der Waals surface area contributed by atoms with E-state index in [9.17, 15) is 5.11 Å². The molecule has 1 atom stereocenters. The molecule has 0 radical (unpaired) electrons. The Morgan fingerprint density at radius 1 is 1.23 bits per heavy atom. The number of unbranched alkanes of at least 4 members (excludes halogenated alkanes) is 2. The summed E-state index contributed by atoms with van der Waals surface area (Å²) >= 11 is 0. The molecule has 0 fully saturated rings. The second-order valence-corrected chi connectivity index (χ2v) is 4.39. The molecule has 0 amide bonds. The van der Waals surface area contributed by atoms with Crippen LogP contribution in [0, 0.1) is 0 Å². The van der Waals surface area contributed by atoms with Gasteiger partial charge in [0, 0.05) is 0 Å². The lowest BCUT2D eigenvalue weighted by atomic mass is 10.2. The van der Waals surface area contributed by atoms with E-state index >= 15 is 0 Å². The first-order valence-corrected chi connectivity index (χ1v) is 5.12. The lowest BCUT2D eigenvalue weighted by molar-refractivity contribution is -0.893. The normalized spacial score (nSPS) is 14.5. The lowest BCUT2D eigenvalue weighted by Gasteiger charge is -2.31. The Labute approximate surface area is 81.6 Å². The van der Waals surface area contributed by atoms with Crippen molar-refractivity contribution in [3.8, 4) is 0 Å². The average Bonchev–Trinajstić information content (AvgIpc) is 2.03. The fourth-order valence-corrected chi connectivity index (χ4v) is 1.51. The van der Waals surface area contributed by atoms with Crippen molar-refractivity contribution in [1.82, 2.24) is 0 Å². The zero-order chi connectivity index (χ0) is 10.3. The molecule has 3 heteroatoms. The van der Waals surface area contributed by atoms with E-state index in [0.717, 1.165) is 11.0 Å². The fraction of sp³-hybridized carbons (Fsp3) is 1.00. The van der Waals surface area contributed by atoms with Gasteiger partial charge in [-0.3, -0.25) is 0 Å². The summed E-state index contributed by atoms with van der Waals surface area (Å²) in [4.78, 5) is 0. The zero-order valence-electron chi connectivity index (χ0n) is 9.16. The van der Waals surface area contributed by atoms with Crippen molar-refractivity contribution in [3.63, 3.8) is 0 Å². The van der Waals surface area contributed by atoms with E-state index in [1.165, 1.54) is 19.3 Å². The number of hydrogen-bond donors (Lipinski definition) is 2. The standard InChI is InChI=1S/C10H24NO2/c1-4-5-6-7-11(2,3)8-10(13)9-12/h10,12-13H,4-9H2,1-3H3/q+1. The molecule has 0 aromatic heterocycles. The zero-order valence-corrected chi connectivity index (χ0v) is 9.16. The third-order valence-electron chi connectivity index (χ3n) is 2.28. The van der Waals surface area contributed by atoms with Gasteiger partial charge in [0.05, 0.1) is 27.2 Å². The van der Waals surface area contributed by atoms with Gasteiger partial charge >= 0.3 is 0 Å². The smallest absolute Gasteiger partial charge is 0.126 e. The Kier molecular flexibility index (Phi) is 6.29. The quantitative estimate of drug-likeness (QED) is 0.456. The average molecular weight is 190 g/mol. The molecule has 0 aliphatic rings. The highest BCUT2D eigenvalue weighted by Gasteiger charge is 2.18. The van der Waals surface area contributed by atoms with Crippen LogP contribution < -0.4 is 0 Å². The number of nitrogens with zero attached hydrogens (tertiary/aromatic N) is 1. The number of aliphatic hydroxyl groups is 2. The van der Waals surface area contributed by atoms with Gasteiger partial charge < -0.3 is 14.7 Å². The van der Waals surface area contributed by atoms with Gasteiger partial charge in [0.25, 0.3) is 0 Å². The number of aliphatic hydroxyl groups excluding tert-OH is 2. The predicted octanol–water partition coefficient (Wildman–Crippen LogP) is 0.606. The van der Waals surface area contributed by atoms with Crippen LogP contribution in [0.25, 0.3) is 0 Å². The summed E-state index contributed by atoms with van der Waals surface area (Å²) in [5.41, 5.74) is 0. The Morgan fingerprint density at radius 3 is 2.31 bits per heavy atom. The van der Waals surface area contributed by atoms with Crippen molar-refractivity contribution in [2.24, 2.45) is 0 Å². The molecular formula is C10H24NO2+. The van der Waals surface area contributed by atoms with Crippen LogP contribution in [-0.2, 0) is 0 Å². The lowest BCUT2D eigenvalue weighted by Crippen LogP contribution is -2.46. The monoisotopic (exact) mass is 190 g/mol. The van der Waals surface area contributed by atoms with E-state index in [2.05, 4.69) is 21.0 Å². The van der Waals surface area contributed by atoms with Crippen molar-refractivity contribution in [3.05, 3.63) is 0 Å². The van der Waals surface area contributed by atoms with Crippen LogP contribution in [-0.4, -0.2) is 54.6 Å². The number of quaternary nitrogens is 1. The SMILES string of the molecule is CCCCC[N+](C)(C)CC(O)CO. The third kappa shape index (κ3) is 6.99. The Bertz CT molecular complexity index is 126. The highest BCUT2D eigenvalue weighted by Crippen LogP contribution is 2.04. The summed E-state index contributed by atoms with van der Waals surface area (Å²) in [6.07, 6.45) is 3.10. The third-order valence-corrected chi connectivity index (χ3v) is 2.28. The molecule has 0 saturated carbocycles. The summed E-state index contributed by atoms with van der Waals surface area (Å²) in [5.74, 6) is 0. The molecule has 0 rings (SSSR count). The molecule has 13 heavy (non-hydrogen) atoms. The largest absolute Gasteiger partial charge is 0.393 e. The second kappa shape index (κ2) is 6.35. The van der Waals surface area contributed by atoms with Gasteiger partial charge in [-0.2, -0.15) is 0 Å². The molecular weight excluding hydrogens is 166 g/mol. The van der Waals surface area contributed by atoms with Gasteiger partial charge in [0.1, 0.15) is 12.6 Å². The van der Waals surface area contributed by atoms with E-state index < -0.39 is 6.10 Å². The first kappa shape index (κ1) is 12.9. The molecule has 1 unspecified atom stereocenters. The number of hydrogen-bond acceptors (Lipinski definition) is 2. The molecule has 0 spiro atoms. The van der Waals surface area contributed by atoms with E-state index in [1.54, 1.807) is 0 Å². The van der Waals surface area contributed by atoms with E-state index in [0.29, 0.717) is 6.54 Å². The molecule has 0 aromatic rings. The molecule has 0 heterocycles. The highest BCUT2D eigenvalue weighted by atomic mass is 16.3. The van der Waals surface area contributed by atoms with Gasteiger partial charge in [0.15, 0.2) is 0 Å². The first-order valence-electron chi connectivity index (χ1n) is 5.12. The molecule has 2 N–H and O–H groups in total. The van der Waals surface area contributed by atoms with E-state index in [4.69, 9.17) is 5.11 Å². The van der Waals surface area contributed by atoms with Crippen molar-refractivity contribution >= 4 is 0 Å². The number of likely N-dealkylation sites (N-methyl/N-ethyl adjacent to an activating group) is 1. The summed E-state index contributed by atoms with van der Waals surface area (Å²) in [5, 5.41) is 18.0. The first-order chi connectivity index (χ1) is 6.02. The minimum Gasteiger partial charge on any atom is -0.393 e. The summed E-state index contributed by atoms with van der Waals surface area (Å²) in [6, 6.07) is 0. The van der Waals surface area contributed by atoms with Gasteiger partial charge in [-0.25, -0.2) is 0 Å². The Morgan fingerprint density at radius 2 is 1.85 bits per heavy atom. The minimum absolute atomic E-state index is 0.130. The van der Waals surface area contributed by atoms with Gasteiger partial charge in [-0.15, -0.1) is 0 Å². The van der Waals surface area contributed by atoms with Crippen molar-refractivity contribution < 1.29 is 14.7 Å². The topological polar surface area (TPSA) is 40.5 Å². The summed E-state index contributed by atoms with van der Waals surface area (Å²) in [6.45, 7) is 3.77. The van der Waals surface area contributed by atoms with Crippen LogP contribution in [0.3, 0.4) is 0 Å². The van der Waals surface area contributed by atoms with Crippen LogP contribution in [0.15, 0.2) is 0 Å². The van der Waals surface area contributed by atoms with Gasteiger partial charge in [-0.1, -0.05) is 13.3 Å². The van der Waals surface area contributed by atoms with Crippen LogP contribution >= 0.6 is 0 Å². The minimum atomic E-state index is -0.573. The van der Waals surface area contributed by atoms with Crippen LogP contribution in [0.1, 0.15) is 26.2 Å². The second-order valence-electron chi connectivity index (χ2n) is 4.39. The molecule has 0 bridgehead atoms. The molecule has 3 nitrogen and oxygen atoms in total. The van der Waals surface area contributed by atoms with E-state index in [-0.39, 0.29) is 6.61 Å². The van der Waals surface area contributed by atoms with Crippen molar-refractivity contribution in [2.75, 3.05) is 33.8 Å². The van der Waals surface area contributed by atoms with Crippen LogP contribution in [0.4, 0.5) is 0 Å². The fourth-order valence-electron chi connectivity index (χ4n) is 1.51. The van der Waals surface area contributed by atoms with Crippen LogP contribution in [0.5, 0.6) is 0 Å². The number of rotatable bonds is 7. The maximum absolute atomic E-state index is 9.28. The van der Waals surface area contributed by atoms with Gasteiger partial charge in [-0.05, 0) is 12.8 Å². The Hall–Kier alpha value is -0.120. The van der Waals surface area contributed by atoms with Crippen molar-refractivity contribution in [1.29, 1.82) is 0 Å². The van der Waals surface area contributed by atoms with Gasteiger partial charge in [0.2, 0.25) is 0 Å². The Balaban J connectivity index is 3.65. The maximum atomic E-state index is 9.28. The molecule has 80 valence electrons. The van der Waals surface area contributed by atoms with Crippen molar-refractivity contribution in [2.45, 2.75) is 32.3 Å². The van der Waals surface area contributed by atoms with E-state index in [1.807, 2.05) is 0 Å². The summed E-state index contributed by atoms with van der Waals surface area (Å²) < 4.78 is 0.793.